The standard InChI is InChI=1S/C22H15ClN2O3/c23-18-11-20-21(28-10-9-27-20)12-19(18)25-22(26)17-8-4-3-7-16(17)15-6-2-1-5-14(15)13-24/h1-8,11-12H,9-10H2,(H,25,26). The summed E-state index contributed by atoms with van der Waals surface area (Å²) in [7, 11) is 0. The number of hydrogen-bond donors (Lipinski definition) is 1. The number of nitriles is 1. The van der Waals surface area contributed by atoms with Gasteiger partial charge in [-0.1, -0.05) is 48.0 Å². The van der Waals surface area contributed by atoms with Crippen LogP contribution in [0.3, 0.4) is 0 Å². The second-order valence-corrected chi connectivity index (χ2v) is 6.54. The third kappa shape index (κ3) is 3.38. The van der Waals surface area contributed by atoms with E-state index in [0.29, 0.717) is 57.7 Å². The Kier molecular flexibility index (Phi) is 4.88. The lowest BCUT2D eigenvalue weighted by Crippen LogP contribution is -2.17. The molecule has 0 atom stereocenters. The van der Waals surface area contributed by atoms with Crippen LogP contribution in [0, 0.1) is 11.3 Å². The molecule has 0 aliphatic carbocycles. The van der Waals surface area contributed by atoms with Crippen LogP contribution in [0.5, 0.6) is 11.5 Å². The van der Waals surface area contributed by atoms with Gasteiger partial charge in [-0.2, -0.15) is 5.26 Å². The van der Waals surface area contributed by atoms with Crippen molar-refractivity contribution < 1.29 is 14.3 Å². The third-order valence-corrected chi connectivity index (χ3v) is 4.70. The molecule has 1 N–H and O–H groups in total. The van der Waals surface area contributed by atoms with E-state index in [9.17, 15) is 10.1 Å². The highest BCUT2D eigenvalue weighted by Gasteiger charge is 2.19. The predicted molar refractivity (Wildman–Crippen MR) is 107 cm³/mol. The molecule has 0 saturated heterocycles. The first kappa shape index (κ1) is 17.9. The molecule has 0 spiro atoms. The average molecular weight is 391 g/mol. The fourth-order valence-electron chi connectivity index (χ4n) is 3.08. The smallest absolute Gasteiger partial charge is 0.256 e. The zero-order chi connectivity index (χ0) is 19.5. The summed E-state index contributed by atoms with van der Waals surface area (Å²) in [6.07, 6.45) is 0. The lowest BCUT2D eigenvalue weighted by atomic mass is 9.95. The van der Waals surface area contributed by atoms with Crippen molar-refractivity contribution in [1.29, 1.82) is 5.26 Å². The number of benzene rings is 3. The number of anilines is 1. The van der Waals surface area contributed by atoms with Gasteiger partial charge in [0.25, 0.3) is 5.91 Å². The number of carbonyl (C=O) groups is 1. The minimum atomic E-state index is -0.332. The Morgan fingerprint density at radius 3 is 2.36 bits per heavy atom. The zero-order valence-electron chi connectivity index (χ0n) is 14.7. The molecule has 0 aromatic heterocycles. The first-order valence-corrected chi connectivity index (χ1v) is 9.04. The van der Waals surface area contributed by atoms with E-state index in [1.165, 1.54) is 0 Å². The van der Waals surface area contributed by atoms with Gasteiger partial charge in [-0.25, -0.2) is 0 Å². The van der Waals surface area contributed by atoms with Gasteiger partial charge in [-0.15, -0.1) is 0 Å². The number of rotatable bonds is 3. The molecule has 3 aromatic carbocycles. The van der Waals surface area contributed by atoms with Crippen LogP contribution >= 0.6 is 11.6 Å². The Hall–Kier alpha value is -3.49. The van der Waals surface area contributed by atoms with Crippen molar-refractivity contribution in [1.82, 2.24) is 0 Å². The number of fused-ring (bicyclic) bond motifs is 1. The Balaban J connectivity index is 1.70. The summed E-state index contributed by atoms with van der Waals surface area (Å²) >= 11 is 6.30. The summed E-state index contributed by atoms with van der Waals surface area (Å²) in [6, 6.07) is 19.8. The van der Waals surface area contributed by atoms with Gasteiger partial charge < -0.3 is 14.8 Å². The predicted octanol–water partition coefficient (Wildman–Crippen LogP) is 4.90. The normalized spacial score (nSPS) is 12.1. The van der Waals surface area contributed by atoms with E-state index in [2.05, 4.69) is 11.4 Å². The number of nitrogens with one attached hydrogen (secondary N) is 1. The summed E-state index contributed by atoms with van der Waals surface area (Å²) in [5.74, 6) is 0.758. The van der Waals surface area contributed by atoms with E-state index in [-0.39, 0.29) is 5.91 Å². The number of hydrogen-bond acceptors (Lipinski definition) is 4. The van der Waals surface area contributed by atoms with E-state index in [1.807, 2.05) is 24.3 Å². The minimum absolute atomic E-state index is 0.332. The molecule has 0 unspecified atom stereocenters. The molecule has 138 valence electrons. The highest BCUT2D eigenvalue weighted by Crippen LogP contribution is 2.38. The SMILES string of the molecule is N#Cc1ccccc1-c1ccccc1C(=O)Nc1cc2c(cc1Cl)OCCO2. The van der Waals surface area contributed by atoms with Crippen molar-refractivity contribution >= 4 is 23.2 Å². The van der Waals surface area contributed by atoms with Gasteiger partial charge in [0.05, 0.1) is 22.3 Å². The van der Waals surface area contributed by atoms with E-state index in [1.54, 1.807) is 36.4 Å². The van der Waals surface area contributed by atoms with Crippen molar-refractivity contribution in [2.75, 3.05) is 18.5 Å². The van der Waals surface area contributed by atoms with E-state index >= 15 is 0 Å². The van der Waals surface area contributed by atoms with Crippen LogP contribution in [0.1, 0.15) is 15.9 Å². The Morgan fingerprint density at radius 2 is 1.61 bits per heavy atom. The maximum Gasteiger partial charge on any atom is 0.256 e. The second kappa shape index (κ2) is 7.63. The van der Waals surface area contributed by atoms with Crippen LogP contribution in [-0.2, 0) is 0 Å². The molecule has 1 amide bonds. The fraction of sp³-hybridized carbons (Fsp3) is 0.0909. The van der Waals surface area contributed by atoms with Gasteiger partial charge in [0.1, 0.15) is 13.2 Å². The number of ether oxygens (including phenoxy) is 2. The second-order valence-electron chi connectivity index (χ2n) is 6.13. The molecular weight excluding hydrogens is 376 g/mol. The molecule has 0 saturated carbocycles. The Morgan fingerprint density at radius 1 is 0.964 bits per heavy atom. The Labute approximate surface area is 167 Å². The highest BCUT2D eigenvalue weighted by atomic mass is 35.5. The van der Waals surface area contributed by atoms with Crippen molar-refractivity contribution in [2.24, 2.45) is 0 Å². The topological polar surface area (TPSA) is 71.4 Å². The molecular formula is C22H15ClN2O3. The van der Waals surface area contributed by atoms with Gasteiger partial charge in [0.15, 0.2) is 11.5 Å². The van der Waals surface area contributed by atoms with Gasteiger partial charge in [-0.3, -0.25) is 4.79 Å². The quantitative estimate of drug-likeness (QED) is 0.690. The molecule has 4 rings (SSSR count). The summed E-state index contributed by atoms with van der Waals surface area (Å²) in [4.78, 5) is 13.0. The van der Waals surface area contributed by atoms with Crippen molar-refractivity contribution in [3.8, 4) is 28.7 Å². The molecule has 0 fully saturated rings. The highest BCUT2D eigenvalue weighted by molar-refractivity contribution is 6.34. The molecule has 1 aliphatic heterocycles. The fourth-order valence-corrected chi connectivity index (χ4v) is 3.28. The first-order valence-electron chi connectivity index (χ1n) is 8.66. The molecule has 1 heterocycles. The number of amides is 1. The zero-order valence-corrected chi connectivity index (χ0v) is 15.5. The van der Waals surface area contributed by atoms with Crippen molar-refractivity contribution in [2.45, 2.75) is 0 Å². The van der Waals surface area contributed by atoms with Crippen molar-refractivity contribution in [3.63, 3.8) is 0 Å². The lowest BCUT2D eigenvalue weighted by molar-refractivity contribution is 0.102. The molecule has 0 bridgehead atoms. The number of halogens is 1. The van der Waals surface area contributed by atoms with Crippen LogP contribution in [-0.4, -0.2) is 19.1 Å². The largest absolute Gasteiger partial charge is 0.486 e. The monoisotopic (exact) mass is 390 g/mol. The third-order valence-electron chi connectivity index (χ3n) is 4.39. The molecule has 0 radical (unpaired) electrons. The Bertz CT molecular complexity index is 1110. The molecule has 5 nitrogen and oxygen atoms in total. The van der Waals surface area contributed by atoms with E-state index in [4.69, 9.17) is 21.1 Å². The minimum Gasteiger partial charge on any atom is -0.486 e. The molecule has 1 aliphatic rings. The first-order chi connectivity index (χ1) is 13.7. The maximum atomic E-state index is 13.0. The van der Waals surface area contributed by atoms with Crippen LogP contribution in [0.25, 0.3) is 11.1 Å². The van der Waals surface area contributed by atoms with Crippen LogP contribution < -0.4 is 14.8 Å². The van der Waals surface area contributed by atoms with Gasteiger partial charge in [0.2, 0.25) is 0 Å². The van der Waals surface area contributed by atoms with Gasteiger partial charge in [0, 0.05) is 23.3 Å². The van der Waals surface area contributed by atoms with E-state index in [0.717, 1.165) is 0 Å². The number of carbonyl (C=O) groups excluding carboxylic acids is 1. The molecule has 28 heavy (non-hydrogen) atoms. The van der Waals surface area contributed by atoms with Gasteiger partial charge in [-0.05, 0) is 17.7 Å². The molecule has 3 aromatic rings. The van der Waals surface area contributed by atoms with Crippen LogP contribution in [0.4, 0.5) is 5.69 Å². The summed E-state index contributed by atoms with van der Waals surface area (Å²) in [5, 5.41) is 12.6. The summed E-state index contributed by atoms with van der Waals surface area (Å²) < 4.78 is 11.1. The maximum absolute atomic E-state index is 13.0. The lowest BCUT2D eigenvalue weighted by Gasteiger charge is -2.20. The summed E-state index contributed by atoms with van der Waals surface area (Å²) in [5.41, 5.74) is 2.74. The van der Waals surface area contributed by atoms with E-state index < -0.39 is 0 Å². The van der Waals surface area contributed by atoms with Crippen LogP contribution in [0.2, 0.25) is 5.02 Å². The van der Waals surface area contributed by atoms with Crippen LogP contribution in [0.15, 0.2) is 60.7 Å². The van der Waals surface area contributed by atoms with Crippen molar-refractivity contribution in [3.05, 3.63) is 76.8 Å². The summed E-state index contributed by atoms with van der Waals surface area (Å²) in [6.45, 7) is 0.899. The number of nitrogens with zero attached hydrogens (tertiary/aromatic N) is 1. The van der Waals surface area contributed by atoms with Gasteiger partial charge >= 0.3 is 0 Å². The molecule has 6 heteroatoms. The average Bonchev–Trinajstić information content (AvgIpc) is 2.74.